The lowest BCUT2D eigenvalue weighted by Gasteiger charge is -2.01. The second-order valence-corrected chi connectivity index (χ2v) is 8.28. The number of nitrogens with zero attached hydrogens (tertiary/aromatic N) is 7. The zero-order valence-electron chi connectivity index (χ0n) is 18.7. The summed E-state index contributed by atoms with van der Waals surface area (Å²) in [5.74, 6) is 0.675. The van der Waals surface area contributed by atoms with Crippen molar-refractivity contribution >= 4 is 56.6 Å². The van der Waals surface area contributed by atoms with Gasteiger partial charge in [0, 0.05) is 34.9 Å². The molecule has 0 unspecified atom stereocenters. The molecule has 6 aromatic rings. The van der Waals surface area contributed by atoms with Gasteiger partial charge in [-0.05, 0) is 55.2 Å². The number of para-hydroxylation sites is 2. The molecule has 0 radical (unpaired) electrons. The van der Waals surface area contributed by atoms with Crippen LogP contribution in [0.3, 0.4) is 0 Å². The Morgan fingerprint density at radius 2 is 1.40 bits per heavy atom. The molecular weight excluding hydrogens is 507 g/mol. The summed E-state index contributed by atoms with van der Waals surface area (Å²) in [7, 11) is 0. The zero-order chi connectivity index (χ0) is 24.8. The molecule has 6 rings (SSSR count). The Morgan fingerprint density at radius 1 is 0.743 bits per heavy atom. The smallest absolute Gasteiger partial charge is 0.224 e. The molecule has 0 bridgehead atoms. The van der Waals surface area contributed by atoms with Gasteiger partial charge in [-0.2, -0.15) is 15.2 Å². The van der Waals surface area contributed by atoms with Crippen LogP contribution >= 0.6 is 34.8 Å². The van der Waals surface area contributed by atoms with Crippen LogP contribution < -0.4 is 0 Å². The van der Waals surface area contributed by atoms with Crippen LogP contribution in [-0.2, 0) is 0 Å². The van der Waals surface area contributed by atoms with Crippen LogP contribution in [0.4, 0.5) is 0 Å². The van der Waals surface area contributed by atoms with Gasteiger partial charge < -0.3 is 0 Å². The highest BCUT2D eigenvalue weighted by Crippen LogP contribution is 2.20. The molecule has 4 aromatic heterocycles. The number of nitrogens with one attached hydrogen (secondary N) is 1. The number of fused-ring (bicyclic) bond motifs is 2. The Balaban J connectivity index is 0.000000136. The fourth-order valence-electron chi connectivity index (χ4n) is 3.25. The summed E-state index contributed by atoms with van der Waals surface area (Å²) in [6, 6.07) is 19.4. The standard InChI is InChI=1S/C12H9ClN4.C8H8N2.C4H2Cl2N2/c1-8-9-4-2-3-5-10(9)17(16-8)11-6-7-14-12(13)15-11;1-6-7-4-2-3-5-8(7)10-9-6;5-3-1-2-7-4(6)8-3/h2-7H,1H3;2-5H,1H3,(H,9,10);1-2H. The van der Waals surface area contributed by atoms with E-state index in [1.54, 1.807) is 23.0 Å². The summed E-state index contributed by atoms with van der Waals surface area (Å²) in [5, 5.41) is 14.6. The molecule has 0 aliphatic rings. The molecule has 0 aliphatic heterocycles. The van der Waals surface area contributed by atoms with E-state index in [4.69, 9.17) is 34.8 Å². The van der Waals surface area contributed by atoms with Crippen molar-refractivity contribution in [3.05, 3.63) is 100 Å². The van der Waals surface area contributed by atoms with E-state index in [9.17, 15) is 0 Å². The van der Waals surface area contributed by atoms with Gasteiger partial charge in [0.2, 0.25) is 10.6 Å². The average molecular weight is 526 g/mol. The van der Waals surface area contributed by atoms with Crippen LogP contribution in [-0.4, -0.2) is 39.9 Å². The van der Waals surface area contributed by atoms with Crippen molar-refractivity contribution in [2.75, 3.05) is 0 Å². The predicted molar refractivity (Wildman–Crippen MR) is 139 cm³/mol. The number of halogens is 3. The van der Waals surface area contributed by atoms with Crippen molar-refractivity contribution in [3.8, 4) is 5.82 Å². The third-order valence-corrected chi connectivity index (χ3v) is 5.42. The summed E-state index contributed by atoms with van der Waals surface area (Å²) < 4.78 is 1.78. The van der Waals surface area contributed by atoms with E-state index in [1.165, 1.54) is 11.6 Å². The number of aromatic nitrogens is 8. The maximum atomic E-state index is 5.79. The summed E-state index contributed by atoms with van der Waals surface area (Å²) in [6.07, 6.45) is 3.12. The molecule has 0 saturated heterocycles. The minimum Gasteiger partial charge on any atom is -0.282 e. The number of benzene rings is 2. The summed E-state index contributed by atoms with van der Waals surface area (Å²) >= 11 is 16.5. The lowest BCUT2D eigenvalue weighted by atomic mass is 10.2. The van der Waals surface area contributed by atoms with Crippen molar-refractivity contribution in [1.82, 2.24) is 39.9 Å². The maximum absolute atomic E-state index is 5.79. The minimum absolute atomic E-state index is 0.178. The molecule has 0 amide bonds. The van der Waals surface area contributed by atoms with Gasteiger partial charge in [0.25, 0.3) is 0 Å². The summed E-state index contributed by atoms with van der Waals surface area (Å²) in [4.78, 5) is 15.2. The van der Waals surface area contributed by atoms with E-state index < -0.39 is 0 Å². The maximum Gasteiger partial charge on any atom is 0.224 e. The van der Waals surface area contributed by atoms with E-state index in [0.29, 0.717) is 11.0 Å². The molecule has 176 valence electrons. The van der Waals surface area contributed by atoms with Gasteiger partial charge in [-0.3, -0.25) is 5.10 Å². The highest BCUT2D eigenvalue weighted by molar-refractivity contribution is 6.31. The molecule has 0 aliphatic carbocycles. The SMILES string of the molecule is Cc1[nH]nc2ccccc12.Cc1nn(-c2ccnc(Cl)n2)c2ccccc12.Clc1ccnc(Cl)n1. The van der Waals surface area contributed by atoms with Crippen LogP contribution in [0.1, 0.15) is 11.4 Å². The second kappa shape index (κ2) is 11.2. The quantitative estimate of drug-likeness (QED) is 0.196. The van der Waals surface area contributed by atoms with Gasteiger partial charge in [-0.1, -0.05) is 48.0 Å². The Morgan fingerprint density at radius 3 is 2.06 bits per heavy atom. The van der Waals surface area contributed by atoms with Gasteiger partial charge in [0.1, 0.15) is 5.15 Å². The van der Waals surface area contributed by atoms with Crippen molar-refractivity contribution in [1.29, 1.82) is 0 Å². The van der Waals surface area contributed by atoms with Gasteiger partial charge in [0.05, 0.1) is 16.7 Å². The largest absolute Gasteiger partial charge is 0.282 e. The monoisotopic (exact) mass is 524 g/mol. The van der Waals surface area contributed by atoms with E-state index in [2.05, 4.69) is 41.3 Å². The zero-order valence-corrected chi connectivity index (χ0v) is 21.0. The first kappa shape index (κ1) is 24.5. The topological polar surface area (TPSA) is 98.1 Å². The number of hydrogen-bond acceptors (Lipinski definition) is 6. The van der Waals surface area contributed by atoms with Crippen LogP contribution in [0.25, 0.3) is 27.6 Å². The van der Waals surface area contributed by atoms with E-state index in [0.717, 1.165) is 27.8 Å². The molecule has 35 heavy (non-hydrogen) atoms. The van der Waals surface area contributed by atoms with Crippen LogP contribution in [0.2, 0.25) is 15.7 Å². The van der Waals surface area contributed by atoms with Crippen molar-refractivity contribution in [2.45, 2.75) is 13.8 Å². The van der Waals surface area contributed by atoms with Crippen molar-refractivity contribution in [2.24, 2.45) is 0 Å². The molecule has 11 heteroatoms. The van der Waals surface area contributed by atoms with E-state index in [1.807, 2.05) is 56.3 Å². The van der Waals surface area contributed by atoms with Gasteiger partial charge in [0.15, 0.2) is 5.82 Å². The number of aryl methyl sites for hydroxylation is 2. The van der Waals surface area contributed by atoms with Crippen molar-refractivity contribution < 1.29 is 0 Å². The molecule has 0 atom stereocenters. The first-order chi connectivity index (χ1) is 16.9. The van der Waals surface area contributed by atoms with Gasteiger partial charge in [-0.25, -0.2) is 19.6 Å². The summed E-state index contributed by atoms with van der Waals surface area (Å²) in [6.45, 7) is 4.00. The fourth-order valence-corrected chi connectivity index (χ4v) is 3.72. The highest BCUT2D eigenvalue weighted by atomic mass is 35.5. The molecule has 8 nitrogen and oxygen atoms in total. The van der Waals surface area contributed by atoms with E-state index in [-0.39, 0.29) is 10.6 Å². The predicted octanol–water partition coefficient (Wildman–Crippen LogP) is 6.43. The molecule has 4 heterocycles. The molecule has 0 saturated carbocycles. The minimum atomic E-state index is 0.178. The Hall–Kier alpha value is -3.59. The lowest BCUT2D eigenvalue weighted by Crippen LogP contribution is -2.00. The Bertz CT molecular complexity index is 1560. The number of rotatable bonds is 1. The van der Waals surface area contributed by atoms with Gasteiger partial charge in [-0.15, -0.1) is 0 Å². The molecule has 1 N–H and O–H groups in total. The average Bonchev–Trinajstić information content (AvgIpc) is 3.40. The Labute approximate surface area is 216 Å². The third-order valence-electron chi connectivity index (χ3n) is 4.84. The molecule has 2 aromatic carbocycles. The Kier molecular flexibility index (Phi) is 7.87. The molecule has 0 spiro atoms. The first-order valence-electron chi connectivity index (χ1n) is 10.4. The van der Waals surface area contributed by atoms with Crippen LogP contribution in [0, 0.1) is 13.8 Å². The third kappa shape index (κ3) is 6.10. The normalized spacial score (nSPS) is 10.4. The van der Waals surface area contributed by atoms with Gasteiger partial charge >= 0.3 is 0 Å². The van der Waals surface area contributed by atoms with Crippen molar-refractivity contribution in [3.63, 3.8) is 0 Å². The number of hydrogen-bond donors (Lipinski definition) is 1. The molecule has 0 fully saturated rings. The van der Waals surface area contributed by atoms with Crippen LogP contribution in [0.5, 0.6) is 0 Å². The first-order valence-corrected chi connectivity index (χ1v) is 11.5. The number of H-pyrrole nitrogens is 1. The lowest BCUT2D eigenvalue weighted by molar-refractivity contribution is 0.850. The number of aromatic amines is 1. The van der Waals surface area contributed by atoms with E-state index >= 15 is 0 Å². The highest BCUT2D eigenvalue weighted by Gasteiger charge is 2.09. The summed E-state index contributed by atoms with van der Waals surface area (Å²) in [5.41, 5.74) is 4.16. The molecular formula is C24H19Cl3N8. The second-order valence-electron chi connectivity index (χ2n) is 7.21. The fraction of sp³-hybridized carbons (Fsp3) is 0.0833. The van der Waals surface area contributed by atoms with Crippen LogP contribution in [0.15, 0.2) is 73.1 Å².